The van der Waals surface area contributed by atoms with E-state index in [4.69, 9.17) is 10.9 Å². The highest BCUT2D eigenvalue weighted by Crippen LogP contribution is 2.34. The molecule has 1 aliphatic carbocycles. The standard InChI is InChI=1S/C13H16BrFN4O3S/c14-10-5-9(1-2-11(10)15)19-13(16)12(20)8-3-7(4-8)6-18-23(17,21)22/h1-2,5,7-8,18H,3-4,6H2,(H2,16,19)(H2,17,21,22). The Bertz CT molecular complexity index is 748. The van der Waals surface area contributed by atoms with E-state index in [2.05, 4.69) is 25.6 Å². The zero-order chi connectivity index (χ0) is 17.2. The van der Waals surface area contributed by atoms with Crippen LogP contribution in [0.4, 0.5) is 10.1 Å². The molecule has 1 aromatic carbocycles. The Morgan fingerprint density at radius 3 is 2.65 bits per heavy atom. The highest BCUT2D eigenvalue weighted by molar-refractivity contribution is 9.10. The number of carbonyl (C=O) groups is 1. The second kappa shape index (κ2) is 7.04. The van der Waals surface area contributed by atoms with Crippen molar-refractivity contribution in [1.29, 1.82) is 0 Å². The molecule has 0 atom stereocenters. The normalized spacial score (nSPS) is 21.8. The number of rotatable bonds is 6. The first kappa shape index (κ1) is 18.0. The van der Waals surface area contributed by atoms with Crippen LogP contribution in [0.3, 0.4) is 0 Å². The van der Waals surface area contributed by atoms with Crippen LogP contribution < -0.4 is 15.6 Å². The predicted molar refractivity (Wildman–Crippen MR) is 87.7 cm³/mol. The molecule has 0 aromatic heterocycles. The molecule has 10 heteroatoms. The number of Topliss-reactive ketones (excluding diaryl/α,β-unsaturated/α-hetero) is 1. The maximum absolute atomic E-state index is 13.1. The smallest absolute Gasteiger partial charge is 0.274 e. The molecule has 0 saturated heterocycles. The number of carbonyl (C=O) groups excluding carboxylic acids is 1. The molecular formula is C13H16BrFN4O3S. The summed E-state index contributed by atoms with van der Waals surface area (Å²) in [6.07, 6.45) is 1.04. The SMILES string of the molecule is NC(=Nc1ccc(F)c(Br)c1)C(=O)C1CC(CNS(N)(=O)=O)C1. The molecule has 0 unspecified atom stereocenters. The van der Waals surface area contributed by atoms with Crippen LogP contribution in [-0.2, 0) is 15.0 Å². The first-order chi connectivity index (χ1) is 10.7. The van der Waals surface area contributed by atoms with Crippen LogP contribution in [-0.4, -0.2) is 26.6 Å². The summed E-state index contributed by atoms with van der Waals surface area (Å²) in [5.74, 6) is -1.10. The molecule has 0 heterocycles. The van der Waals surface area contributed by atoms with Crippen molar-refractivity contribution in [3.8, 4) is 0 Å². The Balaban J connectivity index is 1.91. The van der Waals surface area contributed by atoms with Gasteiger partial charge in [-0.15, -0.1) is 0 Å². The lowest BCUT2D eigenvalue weighted by Crippen LogP contribution is -2.43. The molecule has 0 aliphatic heterocycles. The molecule has 1 aliphatic rings. The van der Waals surface area contributed by atoms with Crippen LogP contribution in [0, 0.1) is 17.7 Å². The van der Waals surface area contributed by atoms with Crippen molar-refractivity contribution in [3.05, 3.63) is 28.5 Å². The topological polar surface area (TPSA) is 128 Å². The number of hydrogen-bond acceptors (Lipinski definition) is 4. The van der Waals surface area contributed by atoms with Gasteiger partial charge in [0.15, 0.2) is 5.84 Å². The molecule has 126 valence electrons. The number of benzene rings is 1. The van der Waals surface area contributed by atoms with Crippen LogP contribution >= 0.6 is 15.9 Å². The molecule has 1 aromatic rings. The van der Waals surface area contributed by atoms with E-state index >= 15 is 0 Å². The average Bonchev–Trinajstić information content (AvgIpc) is 2.39. The fourth-order valence-corrected chi connectivity index (χ4v) is 3.14. The number of hydrogen-bond donors (Lipinski definition) is 3. The van der Waals surface area contributed by atoms with Gasteiger partial charge in [0.25, 0.3) is 10.2 Å². The van der Waals surface area contributed by atoms with E-state index in [0.29, 0.717) is 18.5 Å². The molecular weight excluding hydrogens is 391 g/mol. The number of nitrogens with one attached hydrogen (secondary N) is 1. The molecule has 2 rings (SSSR count). The molecule has 1 saturated carbocycles. The second-order valence-corrected chi connectivity index (χ2v) is 7.62. The molecule has 1 fully saturated rings. The molecule has 7 nitrogen and oxygen atoms in total. The Hall–Kier alpha value is -1.36. The van der Waals surface area contributed by atoms with Crippen LogP contribution in [0.1, 0.15) is 12.8 Å². The van der Waals surface area contributed by atoms with Gasteiger partial charge in [0.2, 0.25) is 5.78 Å². The molecule has 0 spiro atoms. The van der Waals surface area contributed by atoms with Gasteiger partial charge in [0.05, 0.1) is 10.2 Å². The number of ketones is 1. The summed E-state index contributed by atoms with van der Waals surface area (Å²) in [6, 6.07) is 4.06. The van der Waals surface area contributed by atoms with Gasteiger partial charge < -0.3 is 5.73 Å². The summed E-state index contributed by atoms with van der Waals surface area (Å²) in [5, 5.41) is 4.84. The highest BCUT2D eigenvalue weighted by Gasteiger charge is 2.36. The quantitative estimate of drug-likeness (QED) is 0.480. The fourth-order valence-electron chi connectivity index (χ4n) is 2.31. The third kappa shape index (κ3) is 5.06. The first-order valence-corrected chi connectivity index (χ1v) is 9.10. The lowest BCUT2D eigenvalue weighted by molar-refractivity contribution is -0.120. The minimum atomic E-state index is -3.72. The van der Waals surface area contributed by atoms with E-state index < -0.39 is 16.0 Å². The van der Waals surface area contributed by atoms with Crippen molar-refractivity contribution < 1.29 is 17.6 Å². The lowest BCUT2D eigenvalue weighted by atomic mass is 9.72. The molecule has 5 N–H and O–H groups in total. The predicted octanol–water partition coefficient (Wildman–Crippen LogP) is 0.965. The zero-order valence-electron chi connectivity index (χ0n) is 12.0. The third-order valence-electron chi connectivity index (χ3n) is 3.58. The Labute approximate surface area is 141 Å². The van der Waals surface area contributed by atoms with E-state index in [1.807, 2.05) is 0 Å². The van der Waals surface area contributed by atoms with Gasteiger partial charge in [-0.2, -0.15) is 8.42 Å². The van der Waals surface area contributed by atoms with E-state index in [9.17, 15) is 17.6 Å². The largest absolute Gasteiger partial charge is 0.381 e. The zero-order valence-corrected chi connectivity index (χ0v) is 14.4. The number of amidine groups is 1. The molecule has 0 amide bonds. The van der Waals surface area contributed by atoms with E-state index in [-0.39, 0.29) is 34.5 Å². The minimum absolute atomic E-state index is 0.0510. The maximum atomic E-state index is 13.1. The van der Waals surface area contributed by atoms with Crippen molar-refractivity contribution in [1.82, 2.24) is 4.72 Å². The van der Waals surface area contributed by atoms with Gasteiger partial charge in [0.1, 0.15) is 5.82 Å². The van der Waals surface area contributed by atoms with E-state index in [1.165, 1.54) is 18.2 Å². The maximum Gasteiger partial charge on any atom is 0.274 e. The van der Waals surface area contributed by atoms with Gasteiger partial charge in [-0.05, 0) is 52.9 Å². The van der Waals surface area contributed by atoms with Gasteiger partial charge in [-0.25, -0.2) is 19.2 Å². The minimum Gasteiger partial charge on any atom is -0.381 e. The second-order valence-electron chi connectivity index (χ2n) is 5.39. The lowest BCUT2D eigenvalue weighted by Gasteiger charge is -2.33. The summed E-state index contributed by atoms with van der Waals surface area (Å²) >= 11 is 3.03. The van der Waals surface area contributed by atoms with Crippen molar-refractivity contribution in [2.45, 2.75) is 12.8 Å². The molecule has 23 heavy (non-hydrogen) atoms. The van der Waals surface area contributed by atoms with Crippen LogP contribution in [0.2, 0.25) is 0 Å². The first-order valence-electron chi connectivity index (χ1n) is 6.76. The van der Waals surface area contributed by atoms with Crippen LogP contribution in [0.25, 0.3) is 0 Å². The average molecular weight is 407 g/mol. The Morgan fingerprint density at radius 2 is 2.09 bits per heavy atom. The van der Waals surface area contributed by atoms with Crippen LogP contribution in [0.5, 0.6) is 0 Å². The number of halogens is 2. The highest BCUT2D eigenvalue weighted by atomic mass is 79.9. The van der Waals surface area contributed by atoms with Gasteiger partial charge in [-0.1, -0.05) is 0 Å². The van der Waals surface area contributed by atoms with E-state index in [0.717, 1.165) is 0 Å². The van der Waals surface area contributed by atoms with Crippen LogP contribution in [0.15, 0.2) is 27.7 Å². The summed E-state index contributed by atoms with van der Waals surface area (Å²) < 4.78 is 37.1. The van der Waals surface area contributed by atoms with Gasteiger partial charge in [-0.3, -0.25) is 4.79 Å². The summed E-state index contributed by atoms with van der Waals surface area (Å²) in [7, 11) is -3.72. The fraction of sp³-hybridized carbons (Fsp3) is 0.385. The van der Waals surface area contributed by atoms with Crippen molar-refractivity contribution >= 4 is 43.4 Å². The summed E-state index contributed by atoms with van der Waals surface area (Å²) in [4.78, 5) is 16.1. The van der Waals surface area contributed by atoms with E-state index in [1.54, 1.807) is 0 Å². The monoisotopic (exact) mass is 406 g/mol. The van der Waals surface area contributed by atoms with Crippen molar-refractivity contribution in [3.63, 3.8) is 0 Å². The number of nitrogens with zero attached hydrogens (tertiary/aromatic N) is 1. The number of nitrogens with two attached hydrogens (primary N) is 2. The number of aliphatic imine (C=N–C) groups is 1. The van der Waals surface area contributed by atoms with Crippen molar-refractivity contribution in [2.24, 2.45) is 27.7 Å². The van der Waals surface area contributed by atoms with Crippen molar-refractivity contribution in [2.75, 3.05) is 6.54 Å². The van der Waals surface area contributed by atoms with Gasteiger partial charge >= 0.3 is 0 Å². The molecule has 0 radical (unpaired) electrons. The van der Waals surface area contributed by atoms with Gasteiger partial charge in [0, 0.05) is 12.5 Å². The summed E-state index contributed by atoms with van der Waals surface area (Å²) in [6.45, 7) is 0.199. The molecule has 0 bridgehead atoms. The summed E-state index contributed by atoms with van der Waals surface area (Å²) in [5.41, 5.74) is 6.07. The third-order valence-corrected chi connectivity index (χ3v) is 4.76. The Morgan fingerprint density at radius 1 is 1.43 bits per heavy atom. The Kier molecular flexibility index (Phi) is 5.50.